The Morgan fingerprint density at radius 2 is 2.15 bits per heavy atom. The van der Waals surface area contributed by atoms with Crippen LogP contribution in [-0.2, 0) is 6.42 Å². The van der Waals surface area contributed by atoms with E-state index in [9.17, 15) is 0 Å². The minimum Gasteiger partial charge on any atom is -0.374 e. The summed E-state index contributed by atoms with van der Waals surface area (Å²) in [4.78, 5) is 11.3. The van der Waals surface area contributed by atoms with Crippen LogP contribution in [-0.4, -0.2) is 23.6 Å². The fourth-order valence-electron chi connectivity index (χ4n) is 2.75. The lowest BCUT2D eigenvalue weighted by Crippen LogP contribution is -2.12. The van der Waals surface area contributed by atoms with Gasteiger partial charge in [-0.25, -0.2) is 9.97 Å². The first-order valence-corrected chi connectivity index (χ1v) is 7.23. The van der Waals surface area contributed by atoms with Crippen molar-refractivity contribution in [3.63, 3.8) is 0 Å². The molecule has 2 aromatic rings. The van der Waals surface area contributed by atoms with Gasteiger partial charge in [0.1, 0.15) is 11.6 Å². The van der Waals surface area contributed by atoms with Gasteiger partial charge >= 0.3 is 0 Å². The summed E-state index contributed by atoms with van der Waals surface area (Å²) in [6.45, 7) is 1.11. The van der Waals surface area contributed by atoms with Gasteiger partial charge < -0.3 is 10.2 Å². The fraction of sp³-hybridized carbons (Fsp3) is 0.375. The van der Waals surface area contributed by atoms with E-state index in [1.54, 1.807) is 0 Å². The van der Waals surface area contributed by atoms with Crippen molar-refractivity contribution in [3.8, 4) is 0 Å². The first-order chi connectivity index (χ1) is 9.79. The molecule has 4 rings (SSSR count). The molecule has 0 saturated heterocycles. The van der Waals surface area contributed by atoms with Crippen molar-refractivity contribution in [2.75, 3.05) is 23.8 Å². The predicted octanol–water partition coefficient (Wildman–Crippen LogP) is 3.09. The molecule has 4 nitrogen and oxygen atoms in total. The van der Waals surface area contributed by atoms with Gasteiger partial charge in [0.15, 0.2) is 0 Å². The molecule has 1 aliphatic heterocycles. The molecule has 1 aromatic heterocycles. The Kier molecular flexibility index (Phi) is 2.62. The summed E-state index contributed by atoms with van der Waals surface area (Å²) in [5.41, 5.74) is 3.85. The molecule has 2 heterocycles. The smallest absolute Gasteiger partial charge is 0.134 e. The highest BCUT2D eigenvalue weighted by atomic mass is 15.1. The summed E-state index contributed by atoms with van der Waals surface area (Å²) in [5, 5.41) is 3.40. The van der Waals surface area contributed by atoms with Crippen molar-refractivity contribution in [2.24, 2.45) is 0 Å². The SMILES string of the molecule is CN1CCc2ccc(Nc3ccnc(C4CC4)n3)cc21. The summed E-state index contributed by atoms with van der Waals surface area (Å²) in [7, 11) is 2.14. The molecule has 0 unspecified atom stereocenters. The standard InChI is InChI=1S/C16H18N4/c1-20-9-7-11-4-5-13(10-14(11)20)18-15-6-8-17-16(19-15)12-2-3-12/h4-6,8,10,12H,2-3,7,9H2,1H3,(H,17,18,19). The molecule has 0 radical (unpaired) electrons. The highest BCUT2D eigenvalue weighted by Gasteiger charge is 2.26. The third kappa shape index (κ3) is 2.11. The average Bonchev–Trinajstić information content (AvgIpc) is 3.25. The lowest BCUT2D eigenvalue weighted by molar-refractivity contribution is 0.930. The monoisotopic (exact) mass is 266 g/mol. The molecule has 20 heavy (non-hydrogen) atoms. The first kappa shape index (κ1) is 11.7. The van der Waals surface area contributed by atoms with Crippen LogP contribution >= 0.6 is 0 Å². The van der Waals surface area contributed by atoms with Crippen LogP contribution in [0.25, 0.3) is 0 Å². The Labute approximate surface area is 118 Å². The topological polar surface area (TPSA) is 41.0 Å². The van der Waals surface area contributed by atoms with E-state index in [0.717, 1.165) is 30.3 Å². The lowest BCUT2D eigenvalue weighted by atomic mass is 10.1. The zero-order chi connectivity index (χ0) is 13.5. The number of rotatable bonds is 3. The zero-order valence-electron chi connectivity index (χ0n) is 11.6. The van der Waals surface area contributed by atoms with Crippen LogP contribution in [0.15, 0.2) is 30.5 Å². The van der Waals surface area contributed by atoms with Crippen molar-refractivity contribution in [2.45, 2.75) is 25.2 Å². The van der Waals surface area contributed by atoms with Gasteiger partial charge in [-0.2, -0.15) is 0 Å². The maximum atomic E-state index is 4.61. The van der Waals surface area contributed by atoms with E-state index in [2.05, 4.69) is 45.4 Å². The highest BCUT2D eigenvalue weighted by molar-refractivity contribution is 5.68. The van der Waals surface area contributed by atoms with Crippen molar-refractivity contribution < 1.29 is 0 Å². The lowest BCUT2D eigenvalue weighted by Gasteiger charge is -2.14. The molecule has 1 N–H and O–H groups in total. The number of fused-ring (bicyclic) bond motifs is 1. The molecular formula is C16H18N4. The van der Waals surface area contributed by atoms with Crippen LogP contribution in [0.5, 0.6) is 0 Å². The van der Waals surface area contributed by atoms with E-state index >= 15 is 0 Å². The quantitative estimate of drug-likeness (QED) is 0.927. The Bertz CT molecular complexity index is 649. The molecule has 0 spiro atoms. The van der Waals surface area contributed by atoms with Crippen molar-refractivity contribution >= 4 is 17.2 Å². The minimum absolute atomic E-state index is 0.586. The summed E-state index contributed by atoms with van der Waals surface area (Å²) in [6.07, 6.45) is 5.45. The highest BCUT2D eigenvalue weighted by Crippen LogP contribution is 2.38. The van der Waals surface area contributed by atoms with Gasteiger partial charge in [-0.15, -0.1) is 0 Å². The van der Waals surface area contributed by atoms with Crippen LogP contribution in [0.2, 0.25) is 0 Å². The van der Waals surface area contributed by atoms with E-state index in [4.69, 9.17) is 0 Å². The van der Waals surface area contributed by atoms with Gasteiger partial charge in [-0.1, -0.05) is 6.07 Å². The molecular weight excluding hydrogens is 248 g/mol. The maximum Gasteiger partial charge on any atom is 0.134 e. The minimum atomic E-state index is 0.586. The molecule has 0 atom stereocenters. The number of anilines is 3. The van der Waals surface area contributed by atoms with Gasteiger partial charge in [0.25, 0.3) is 0 Å². The van der Waals surface area contributed by atoms with Crippen LogP contribution in [0.3, 0.4) is 0 Å². The number of likely N-dealkylation sites (N-methyl/N-ethyl adjacent to an activating group) is 1. The molecule has 4 heteroatoms. The van der Waals surface area contributed by atoms with Gasteiger partial charge in [0, 0.05) is 37.1 Å². The molecule has 1 fully saturated rings. The average molecular weight is 266 g/mol. The first-order valence-electron chi connectivity index (χ1n) is 7.23. The molecule has 0 amide bonds. The number of hydrogen-bond acceptors (Lipinski definition) is 4. The third-order valence-corrected chi connectivity index (χ3v) is 4.10. The Morgan fingerprint density at radius 3 is 3.00 bits per heavy atom. The summed E-state index contributed by atoms with van der Waals surface area (Å²) in [6, 6.07) is 8.49. The van der Waals surface area contributed by atoms with Crippen LogP contribution in [0.4, 0.5) is 17.2 Å². The van der Waals surface area contributed by atoms with E-state index in [1.165, 1.54) is 24.1 Å². The van der Waals surface area contributed by atoms with Gasteiger partial charge in [0.05, 0.1) is 0 Å². The van der Waals surface area contributed by atoms with E-state index < -0.39 is 0 Å². The second-order valence-electron chi connectivity index (χ2n) is 5.71. The van der Waals surface area contributed by atoms with Gasteiger partial charge in [-0.05, 0) is 43.0 Å². The third-order valence-electron chi connectivity index (χ3n) is 4.10. The van der Waals surface area contributed by atoms with E-state index in [-0.39, 0.29) is 0 Å². The Morgan fingerprint density at radius 1 is 1.25 bits per heavy atom. The van der Waals surface area contributed by atoms with Gasteiger partial charge in [0.2, 0.25) is 0 Å². The molecule has 1 saturated carbocycles. The number of nitrogens with zero attached hydrogens (tertiary/aromatic N) is 3. The Hall–Kier alpha value is -2.10. The van der Waals surface area contributed by atoms with Gasteiger partial charge in [-0.3, -0.25) is 0 Å². The molecule has 1 aromatic carbocycles. The van der Waals surface area contributed by atoms with Crippen molar-refractivity contribution in [1.82, 2.24) is 9.97 Å². The molecule has 0 bridgehead atoms. The number of nitrogens with one attached hydrogen (secondary N) is 1. The molecule has 2 aliphatic rings. The normalized spacial score (nSPS) is 17.1. The van der Waals surface area contributed by atoms with Crippen molar-refractivity contribution in [3.05, 3.63) is 41.9 Å². The van der Waals surface area contributed by atoms with Crippen LogP contribution in [0, 0.1) is 0 Å². The van der Waals surface area contributed by atoms with E-state index in [1.807, 2.05) is 12.3 Å². The summed E-state index contributed by atoms with van der Waals surface area (Å²) in [5.74, 6) is 2.46. The van der Waals surface area contributed by atoms with Crippen LogP contribution < -0.4 is 10.2 Å². The second-order valence-corrected chi connectivity index (χ2v) is 5.71. The Balaban J connectivity index is 1.59. The number of aromatic nitrogens is 2. The maximum absolute atomic E-state index is 4.61. The second kappa shape index (κ2) is 4.47. The van der Waals surface area contributed by atoms with E-state index in [0.29, 0.717) is 5.92 Å². The predicted molar refractivity (Wildman–Crippen MR) is 80.7 cm³/mol. The molecule has 102 valence electrons. The summed E-state index contributed by atoms with van der Waals surface area (Å²) < 4.78 is 0. The summed E-state index contributed by atoms with van der Waals surface area (Å²) >= 11 is 0. The largest absolute Gasteiger partial charge is 0.374 e. The zero-order valence-corrected chi connectivity index (χ0v) is 11.6. The van der Waals surface area contributed by atoms with Crippen LogP contribution in [0.1, 0.15) is 30.1 Å². The fourth-order valence-corrected chi connectivity index (χ4v) is 2.75. The molecule has 1 aliphatic carbocycles. The number of hydrogen-bond donors (Lipinski definition) is 1. The van der Waals surface area contributed by atoms with Crippen molar-refractivity contribution in [1.29, 1.82) is 0 Å². The number of benzene rings is 1.